The topological polar surface area (TPSA) is 43.4 Å². The predicted octanol–water partition coefficient (Wildman–Crippen LogP) is 0.867. The second kappa shape index (κ2) is 2.53. The average Bonchev–Trinajstić information content (AvgIpc) is 2.44. The van der Waals surface area contributed by atoms with Crippen LogP contribution in [0.5, 0.6) is 0 Å². The van der Waals surface area contributed by atoms with E-state index in [1.165, 1.54) is 7.11 Å². The molecule has 1 unspecified atom stereocenters. The number of rotatable bonds is 2. The van der Waals surface area contributed by atoms with E-state index in [1.54, 1.807) is 0 Å². The number of carbonyl (C=O) groups is 2. The smallest absolute Gasteiger partial charge is 0.308 e. The SMILES string of the molecule is COC(=O)C[C@@]1(F)C2CCC(=O)[C@@H]21. The van der Waals surface area contributed by atoms with Gasteiger partial charge in [0, 0.05) is 12.3 Å². The van der Waals surface area contributed by atoms with Crippen LogP contribution < -0.4 is 0 Å². The van der Waals surface area contributed by atoms with E-state index in [0.29, 0.717) is 12.8 Å². The van der Waals surface area contributed by atoms with Gasteiger partial charge in [-0.15, -0.1) is 0 Å². The lowest BCUT2D eigenvalue weighted by atomic mass is 10.1. The molecule has 3 nitrogen and oxygen atoms in total. The molecular formula is C9H11FO3. The highest BCUT2D eigenvalue weighted by Crippen LogP contribution is 2.63. The van der Waals surface area contributed by atoms with Gasteiger partial charge < -0.3 is 4.74 Å². The number of carbonyl (C=O) groups excluding carboxylic acids is 2. The molecule has 2 aliphatic carbocycles. The number of Topliss-reactive ketones (excluding diaryl/α,β-unsaturated/α-hetero) is 1. The summed E-state index contributed by atoms with van der Waals surface area (Å²) in [5.41, 5.74) is -1.57. The quantitative estimate of drug-likeness (QED) is 0.601. The van der Waals surface area contributed by atoms with E-state index < -0.39 is 17.6 Å². The lowest BCUT2D eigenvalue weighted by molar-refractivity contribution is -0.142. The zero-order valence-electron chi connectivity index (χ0n) is 7.38. The van der Waals surface area contributed by atoms with Crippen molar-refractivity contribution in [2.45, 2.75) is 24.9 Å². The van der Waals surface area contributed by atoms with Crippen LogP contribution in [0.1, 0.15) is 19.3 Å². The van der Waals surface area contributed by atoms with Crippen LogP contribution in [-0.2, 0) is 14.3 Å². The third kappa shape index (κ3) is 1.08. The molecule has 0 aromatic rings. The molecule has 0 saturated heterocycles. The van der Waals surface area contributed by atoms with Gasteiger partial charge >= 0.3 is 5.97 Å². The molecule has 13 heavy (non-hydrogen) atoms. The third-order valence-corrected chi connectivity index (χ3v) is 3.12. The standard InChI is InChI=1S/C9H11FO3/c1-13-7(12)4-9(10)5-2-3-6(11)8(5)9/h5,8H,2-4H2,1H3/t5?,8-,9-/m1/s1. The molecular weight excluding hydrogens is 175 g/mol. The summed E-state index contributed by atoms with van der Waals surface area (Å²) in [6, 6.07) is 0. The molecule has 0 aromatic heterocycles. The second-order valence-corrected chi connectivity index (χ2v) is 3.77. The van der Waals surface area contributed by atoms with Crippen molar-refractivity contribution in [3.8, 4) is 0 Å². The molecule has 0 bridgehead atoms. The molecule has 0 aliphatic heterocycles. The molecule has 72 valence electrons. The molecule has 0 radical (unpaired) electrons. The first-order valence-electron chi connectivity index (χ1n) is 4.38. The van der Waals surface area contributed by atoms with Crippen molar-refractivity contribution in [3.63, 3.8) is 0 Å². The Morgan fingerprint density at radius 3 is 2.92 bits per heavy atom. The van der Waals surface area contributed by atoms with Gasteiger partial charge in [0.05, 0.1) is 19.4 Å². The Hall–Kier alpha value is -0.930. The predicted molar refractivity (Wildman–Crippen MR) is 41.7 cm³/mol. The Bertz CT molecular complexity index is 276. The lowest BCUT2D eigenvalue weighted by Crippen LogP contribution is -2.19. The average molecular weight is 186 g/mol. The number of fused-ring (bicyclic) bond motifs is 1. The van der Waals surface area contributed by atoms with E-state index in [-0.39, 0.29) is 18.1 Å². The van der Waals surface area contributed by atoms with Gasteiger partial charge in [-0.3, -0.25) is 9.59 Å². The Balaban J connectivity index is 2.02. The minimum absolute atomic E-state index is 0.0311. The molecule has 0 aromatic carbocycles. The number of esters is 1. The summed E-state index contributed by atoms with van der Waals surface area (Å²) in [5.74, 6) is -1.31. The van der Waals surface area contributed by atoms with E-state index in [1.807, 2.05) is 0 Å². The highest BCUT2D eigenvalue weighted by molar-refractivity contribution is 5.90. The van der Waals surface area contributed by atoms with Gasteiger partial charge in [0.2, 0.25) is 0 Å². The Morgan fingerprint density at radius 2 is 2.46 bits per heavy atom. The molecule has 2 saturated carbocycles. The van der Waals surface area contributed by atoms with Crippen molar-refractivity contribution < 1.29 is 18.7 Å². The minimum Gasteiger partial charge on any atom is -0.469 e. The van der Waals surface area contributed by atoms with Gasteiger partial charge in [-0.25, -0.2) is 4.39 Å². The van der Waals surface area contributed by atoms with Crippen molar-refractivity contribution >= 4 is 11.8 Å². The van der Waals surface area contributed by atoms with Gasteiger partial charge in [0.15, 0.2) is 0 Å². The Kier molecular flexibility index (Phi) is 1.68. The van der Waals surface area contributed by atoms with Crippen LogP contribution in [0.25, 0.3) is 0 Å². The van der Waals surface area contributed by atoms with Crippen molar-refractivity contribution in [1.82, 2.24) is 0 Å². The maximum Gasteiger partial charge on any atom is 0.308 e. The molecule has 0 spiro atoms. The van der Waals surface area contributed by atoms with Gasteiger partial charge in [0.1, 0.15) is 11.5 Å². The van der Waals surface area contributed by atoms with Crippen LogP contribution in [0, 0.1) is 11.8 Å². The van der Waals surface area contributed by atoms with E-state index >= 15 is 0 Å². The fraction of sp³-hybridized carbons (Fsp3) is 0.778. The molecule has 0 amide bonds. The van der Waals surface area contributed by atoms with E-state index in [9.17, 15) is 14.0 Å². The summed E-state index contributed by atoms with van der Waals surface area (Å²) in [6.45, 7) is 0. The van der Waals surface area contributed by atoms with Crippen molar-refractivity contribution in [2.24, 2.45) is 11.8 Å². The zero-order chi connectivity index (χ0) is 9.64. The van der Waals surface area contributed by atoms with Gasteiger partial charge in [-0.2, -0.15) is 0 Å². The van der Waals surface area contributed by atoms with Crippen LogP contribution in [0.4, 0.5) is 4.39 Å². The number of hydrogen-bond donors (Lipinski definition) is 0. The summed E-state index contributed by atoms with van der Waals surface area (Å²) in [4.78, 5) is 21.9. The fourth-order valence-corrected chi connectivity index (χ4v) is 2.37. The van der Waals surface area contributed by atoms with Gasteiger partial charge in [0.25, 0.3) is 0 Å². The summed E-state index contributed by atoms with van der Waals surface area (Å²) in [6.07, 6.45) is 0.809. The Morgan fingerprint density at radius 1 is 1.77 bits per heavy atom. The van der Waals surface area contributed by atoms with Crippen molar-refractivity contribution in [3.05, 3.63) is 0 Å². The minimum atomic E-state index is -1.57. The van der Waals surface area contributed by atoms with Crippen LogP contribution in [0.3, 0.4) is 0 Å². The maximum atomic E-state index is 13.8. The first-order chi connectivity index (χ1) is 6.09. The van der Waals surface area contributed by atoms with Crippen LogP contribution >= 0.6 is 0 Å². The van der Waals surface area contributed by atoms with Gasteiger partial charge in [-0.1, -0.05) is 0 Å². The lowest BCUT2D eigenvalue weighted by Gasteiger charge is -2.08. The second-order valence-electron chi connectivity index (χ2n) is 3.77. The molecule has 3 atom stereocenters. The molecule has 2 aliphatic rings. The summed E-state index contributed by atoms with van der Waals surface area (Å²) >= 11 is 0. The molecule has 2 rings (SSSR count). The first-order valence-corrected chi connectivity index (χ1v) is 4.38. The third-order valence-electron chi connectivity index (χ3n) is 3.12. The van der Waals surface area contributed by atoms with E-state index in [2.05, 4.69) is 4.74 Å². The van der Waals surface area contributed by atoms with Crippen LogP contribution in [-0.4, -0.2) is 24.5 Å². The Labute approximate surface area is 75.2 Å². The highest BCUT2D eigenvalue weighted by atomic mass is 19.1. The molecule has 0 N–H and O–H groups in total. The summed E-state index contributed by atoms with van der Waals surface area (Å²) < 4.78 is 18.2. The maximum absolute atomic E-state index is 13.8. The van der Waals surface area contributed by atoms with Gasteiger partial charge in [-0.05, 0) is 6.42 Å². The number of halogens is 1. The number of ketones is 1. The summed E-state index contributed by atoms with van der Waals surface area (Å²) in [7, 11) is 1.23. The monoisotopic (exact) mass is 186 g/mol. The number of ether oxygens (including phenoxy) is 1. The van der Waals surface area contributed by atoms with E-state index in [4.69, 9.17) is 0 Å². The fourth-order valence-electron chi connectivity index (χ4n) is 2.37. The van der Waals surface area contributed by atoms with Crippen molar-refractivity contribution in [2.75, 3.05) is 7.11 Å². The molecule has 0 heterocycles. The highest BCUT2D eigenvalue weighted by Gasteiger charge is 2.72. The molecule has 4 heteroatoms. The normalized spacial score (nSPS) is 41.5. The first kappa shape index (κ1) is 8.66. The molecule has 2 fully saturated rings. The number of methoxy groups -OCH3 is 1. The van der Waals surface area contributed by atoms with Crippen molar-refractivity contribution in [1.29, 1.82) is 0 Å². The number of hydrogen-bond acceptors (Lipinski definition) is 3. The van der Waals surface area contributed by atoms with Crippen LogP contribution in [0.2, 0.25) is 0 Å². The summed E-state index contributed by atoms with van der Waals surface area (Å²) in [5, 5.41) is 0. The van der Waals surface area contributed by atoms with E-state index in [0.717, 1.165) is 0 Å². The zero-order valence-corrected chi connectivity index (χ0v) is 7.38. The largest absolute Gasteiger partial charge is 0.469 e. The number of alkyl halides is 1. The van der Waals surface area contributed by atoms with Crippen LogP contribution in [0.15, 0.2) is 0 Å².